The minimum absolute atomic E-state index is 0.199. The van der Waals surface area contributed by atoms with Gasteiger partial charge in [0.1, 0.15) is 5.82 Å². The Morgan fingerprint density at radius 1 is 1.29 bits per heavy atom. The summed E-state index contributed by atoms with van der Waals surface area (Å²) < 4.78 is 13.4. The van der Waals surface area contributed by atoms with Gasteiger partial charge >= 0.3 is 0 Å². The molecule has 21 heavy (non-hydrogen) atoms. The number of nitrogens with zero attached hydrogens (tertiary/aromatic N) is 1. The van der Waals surface area contributed by atoms with E-state index in [0.29, 0.717) is 5.69 Å². The van der Waals surface area contributed by atoms with Gasteiger partial charge in [0.15, 0.2) is 0 Å². The largest absolute Gasteiger partial charge is 0.382 e. The van der Waals surface area contributed by atoms with Gasteiger partial charge in [0.2, 0.25) is 0 Å². The number of halogens is 1. The van der Waals surface area contributed by atoms with E-state index in [9.17, 15) is 14.5 Å². The van der Waals surface area contributed by atoms with Crippen LogP contribution in [0.15, 0.2) is 18.2 Å². The van der Waals surface area contributed by atoms with E-state index in [1.54, 1.807) is 0 Å². The number of nitrogens with one attached hydrogen (secondary N) is 1. The van der Waals surface area contributed by atoms with Gasteiger partial charge in [-0.3, -0.25) is 10.1 Å². The van der Waals surface area contributed by atoms with E-state index in [4.69, 9.17) is 0 Å². The van der Waals surface area contributed by atoms with Gasteiger partial charge in [-0.25, -0.2) is 4.39 Å². The first-order valence-electron chi connectivity index (χ1n) is 7.80. The van der Waals surface area contributed by atoms with Gasteiger partial charge in [-0.1, -0.05) is 32.6 Å². The molecule has 0 aromatic heterocycles. The maximum Gasteiger partial charge on any atom is 0.274 e. The molecule has 1 aromatic carbocycles. The summed E-state index contributed by atoms with van der Waals surface area (Å²) in [5.74, 6) is 0.229. The van der Waals surface area contributed by atoms with Gasteiger partial charge in [-0.05, 0) is 31.2 Å². The molecule has 2 atom stereocenters. The van der Waals surface area contributed by atoms with E-state index < -0.39 is 10.7 Å². The highest BCUT2D eigenvalue weighted by Crippen LogP contribution is 2.29. The number of nitro groups is 1. The normalized spacial score (nSPS) is 22.6. The molecule has 0 amide bonds. The molecule has 2 unspecified atom stereocenters. The van der Waals surface area contributed by atoms with E-state index >= 15 is 0 Å². The summed E-state index contributed by atoms with van der Waals surface area (Å²) in [5.41, 5.74) is 0.315. The molecule has 2 rings (SSSR count). The fourth-order valence-corrected chi connectivity index (χ4v) is 3.22. The molecule has 1 aliphatic carbocycles. The number of hydrogen-bond donors (Lipinski definition) is 1. The van der Waals surface area contributed by atoms with Crippen LogP contribution < -0.4 is 5.32 Å². The number of benzene rings is 1. The molecule has 1 saturated carbocycles. The van der Waals surface area contributed by atoms with E-state index in [-0.39, 0.29) is 11.7 Å². The van der Waals surface area contributed by atoms with Gasteiger partial charge in [0.05, 0.1) is 11.0 Å². The number of anilines is 1. The van der Waals surface area contributed by atoms with E-state index in [0.717, 1.165) is 24.8 Å². The monoisotopic (exact) mass is 294 g/mol. The van der Waals surface area contributed by atoms with Gasteiger partial charge in [-0.2, -0.15) is 0 Å². The SMILES string of the molecule is CCCC1CCCC(Nc2cc(F)cc([N+](=O)[O-])c2)CC1. The number of hydrogen-bond acceptors (Lipinski definition) is 3. The molecule has 0 bridgehead atoms. The van der Waals surface area contributed by atoms with Crippen LogP contribution in [0.25, 0.3) is 0 Å². The lowest BCUT2D eigenvalue weighted by atomic mass is 9.95. The highest BCUT2D eigenvalue weighted by atomic mass is 19.1. The van der Waals surface area contributed by atoms with Crippen molar-refractivity contribution < 1.29 is 9.31 Å². The summed E-state index contributed by atoms with van der Waals surface area (Å²) in [6.07, 6.45) is 8.20. The molecule has 5 heteroatoms. The van der Waals surface area contributed by atoms with Gasteiger partial charge < -0.3 is 5.32 Å². The molecule has 0 saturated heterocycles. The number of rotatable bonds is 5. The molecule has 0 spiro atoms. The standard InChI is InChI=1S/C16H23FN2O2/c1-2-4-12-5-3-6-14(8-7-12)18-15-9-13(17)10-16(11-15)19(20)21/h9-12,14,18H,2-8H2,1H3. The van der Waals surface area contributed by atoms with Crippen molar-refractivity contribution in [3.05, 3.63) is 34.1 Å². The Morgan fingerprint density at radius 3 is 2.81 bits per heavy atom. The molecule has 116 valence electrons. The average Bonchev–Trinajstić information content (AvgIpc) is 2.64. The minimum atomic E-state index is -0.566. The maximum atomic E-state index is 13.4. The summed E-state index contributed by atoms with van der Waals surface area (Å²) in [6, 6.07) is 3.99. The highest BCUT2D eigenvalue weighted by molar-refractivity contribution is 5.52. The van der Waals surface area contributed by atoms with Crippen molar-refractivity contribution in [3.8, 4) is 0 Å². The van der Waals surface area contributed by atoms with Crippen LogP contribution in [0.5, 0.6) is 0 Å². The van der Waals surface area contributed by atoms with Crippen LogP contribution in [-0.4, -0.2) is 11.0 Å². The Morgan fingerprint density at radius 2 is 2.10 bits per heavy atom. The van der Waals surface area contributed by atoms with Crippen LogP contribution in [-0.2, 0) is 0 Å². The van der Waals surface area contributed by atoms with Gasteiger partial charge in [0.25, 0.3) is 5.69 Å². The highest BCUT2D eigenvalue weighted by Gasteiger charge is 2.19. The third kappa shape index (κ3) is 4.69. The van der Waals surface area contributed by atoms with Crippen molar-refractivity contribution in [1.82, 2.24) is 0 Å². The molecule has 1 fully saturated rings. The smallest absolute Gasteiger partial charge is 0.274 e. The van der Waals surface area contributed by atoms with Gasteiger partial charge in [-0.15, -0.1) is 0 Å². The second-order valence-corrected chi connectivity index (χ2v) is 5.96. The first kappa shape index (κ1) is 15.7. The summed E-state index contributed by atoms with van der Waals surface area (Å²) >= 11 is 0. The minimum Gasteiger partial charge on any atom is -0.382 e. The quantitative estimate of drug-likeness (QED) is 0.477. The lowest BCUT2D eigenvalue weighted by molar-refractivity contribution is -0.385. The molecular formula is C16H23FN2O2. The zero-order valence-corrected chi connectivity index (χ0v) is 12.5. The van der Waals surface area contributed by atoms with Crippen LogP contribution in [0.1, 0.15) is 51.9 Å². The number of non-ortho nitro benzene ring substituents is 1. The zero-order chi connectivity index (χ0) is 15.2. The lowest BCUT2D eigenvalue weighted by Gasteiger charge is -2.18. The van der Waals surface area contributed by atoms with Crippen LogP contribution >= 0.6 is 0 Å². The third-order valence-electron chi connectivity index (χ3n) is 4.25. The topological polar surface area (TPSA) is 55.2 Å². The number of nitro benzene ring substituents is 1. The molecule has 0 radical (unpaired) electrons. The Balaban J connectivity index is 1.99. The van der Waals surface area contributed by atoms with E-state index in [2.05, 4.69) is 12.2 Å². The molecule has 1 aromatic rings. The second kappa shape index (κ2) is 7.38. The zero-order valence-electron chi connectivity index (χ0n) is 12.5. The predicted molar refractivity (Wildman–Crippen MR) is 81.9 cm³/mol. The molecular weight excluding hydrogens is 271 g/mol. The van der Waals surface area contributed by atoms with Crippen molar-refractivity contribution in [2.75, 3.05) is 5.32 Å². The lowest BCUT2D eigenvalue weighted by Crippen LogP contribution is -2.18. The fraction of sp³-hybridized carbons (Fsp3) is 0.625. The molecule has 1 N–H and O–H groups in total. The van der Waals surface area contributed by atoms with Crippen molar-refractivity contribution in [2.45, 2.75) is 57.9 Å². The Bertz CT molecular complexity index is 493. The third-order valence-corrected chi connectivity index (χ3v) is 4.25. The Hall–Kier alpha value is -1.65. The van der Waals surface area contributed by atoms with Crippen molar-refractivity contribution in [3.63, 3.8) is 0 Å². The fourth-order valence-electron chi connectivity index (χ4n) is 3.22. The van der Waals surface area contributed by atoms with E-state index in [1.165, 1.54) is 44.2 Å². The summed E-state index contributed by atoms with van der Waals surface area (Å²) in [4.78, 5) is 10.2. The summed E-state index contributed by atoms with van der Waals surface area (Å²) in [5, 5.41) is 14.1. The van der Waals surface area contributed by atoms with E-state index in [1.807, 2.05) is 0 Å². The summed E-state index contributed by atoms with van der Waals surface area (Å²) in [7, 11) is 0. The molecule has 1 aliphatic rings. The maximum absolute atomic E-state index is 13.4. The van der Waals surface area contributed by atoms with Crippen molar-refractivity contribution >= 4 is 11.4 Å². The van der Waals surface area contributed by atoms with Crippen LogP contribution in [0.4, 0.5) is 15.8 Å². The van der Waals surface area contributed by atoms with Crippen LogP contribution in [0.2, 0.25) is 0 Å². The molecule has 4 nitrogen and oxygen atoms in total. The van der Waals surface area contributed by atoms with Crippen molar-refractivity contribution in [1.29, 1.82) is 0 Å². The van der Waals surface area contributed by atoms with Gasteiger partial charge in [0, 0.05) is 17.8 Å². The Labute approximate surface area is 124 Å². The first-order valence-corrected chi connectivity index (χ1v) is 7.80. The summed E-state index contributed by atoms with van der Waals surface area (Å²) in [6.45, 7) is 2.21. The van der Waals surface area contributed by atoms with Crippen LogP contribution in [0.3, 0.4) is 0 Å². The van der Waals surface area contributed by atoms with Crippen LogP contribution in [0, 0.1) is 21.8 Å². The predicted octanol–water partition coefficient (Wildman–Crippen LogP) is 4.89. The Kier molecular flexibility index (Phi) is 5.53. The first-order chi connectivity index (χ1) is 10.1. The second-order valence-electron chi connectivity index (χ2n) is 5.96. The van der Waals surface area contributed by atoms with Crippen molar-refractivity contribution in [2.24, 2.45) is 5.92 Å². The average molecular weight is 294 g/mol. The molecule has 0 aliphatic heterocycles. The molecule has 0 heterocycles.